The smallest absolute Gasteiger partial charge is 0.319 e. The number of rotatable bonds is 4. The largest absolute Gasteiger partial charge is 0.433 e. The number of nitrogens with one attached hydrogen (secondary N) is 1. The summed E-state index contributed by atoms with van der Waals surface area (Å²) >= 11 is 0. The van der Waals surface area contributed by atoms with E-state index in [4.69, 9.17) is 0 Å². The van der Waals surface area contributed by atoms with Crippen LogP contribution in [0.5, 0.6) is 0 Å². The molecule has 0 aliphatic heterocycles. The number of halogens is 4. The predicted octanol–water partition coefficient (Wildman–Crippen LogP) is 5.51. The maximum atomic E-state index is 13.3. The van der Waals surface area contributed by atoms with Crippen molar-refractivity contribution in [1.29, 1.82) is 0 Å². The summed E-state index contributed by atoms with van der Waals surface area (Å²) in [5.41, 5.74) is 1.15. The monoisotopic (exact) mass is 442 g/mol. The third-order valence-electron chi connectivity index (χ3n) is 5.12. The van der Waals surface area contributed by atoms with Crippen LogP contribution in [0, 0.1) is 19.7 Å². The summed E-state index contributed by atoms with van der Waals surface area (Å²) in [6.07, 6.45) is -4.69. The topological polar surface area (TPSA) is 59.8 Å². The zero-order valence-corrected chi connectivity index (χ0v) is 17.2. The minimum Gasteiger partial charge on any atom is -0.319 e. The number of fused-ring (bicyclic) bond motifs is 1. The molecule has 1 N–H and O–H groups in total. The van der Waals surface area contributed by atoms with E-state index in [1.807, 2.05) is 0 Å². The zero-order chi connectivity index (χ0) is 23.0. The minimum absolute atomic E-state index is 0.0768. The second kappa shape index (κ2) is 8.07. The second-order valence-electron chi connectivity index (χ2n) is 7.35. The number of amides is 1. The summed E-state index contributed by atoms with van der Waals surface area (Å²) in [5, 5.41) is 7.43. The number of nitrogens with zero attached hydrogens (tertiary/aromatic N) is 3. The Morgan fingerprint density at radius 2 is 1.75 bits per heavy atom. The molecule has 5 nitrogen and oxygen atoms in total. The van der Waals surface area contributed by atoms with E-state index in [1.165, 1.54) is 18.2 Å². The standard InChI is InChI=1S/C23H18F4N4O/c1-13-21(14(2)31(30-13)12-15-7-9-16(24)10-8-15)29-22(32)18-11-20(23(25,26)27)28-19-6-4-3-5-17(18)19/h3-11H,12H2,1-2H3,(H,29,32). The molecule has 0 spiro atoms. The summed E-state index contributed by atoms with van der Waals surface area (Å²) in [4.78, 5) is 16.7. The van der Waals surface area contributed by atoms with Crippen LogP contribution in [0.2, 0.25) is 0 Å². The van der Waals surface area contributed by atoms with Crippen molar-refractivity contribution in [3.05, 3.63) is 88.6 Å². The lowest BCUT2D eigenvalue weighted by Gasteiger charge is -2.12. The molecule has 1 amide bonds. The molecule has 4 rings (SSSR count). The van der Waals surface area contributed by atoms with Gasteiger partial charge < -0.3 is 5.32 Å². The zero-order valence-electron chi connectivity index (χ0n) is 17.2. The number of carbonyl (C=O) groups excluding carboxylic acids is 1. The van der Waals surface area contributed by atoms with Crippen molar-refractivity contribution in [2.75, 3.05) is 5.32 Å². The number of aromatic nitrogens is 3. The average molecular weight is 442 g/mol. The van der Waals surface area contributed by atoms with Gasteiger partial charge in [-0.15, -0.1) is 0 Å². The molecule has 0 atom stereocenters. The molecule has 0 bridgehead atoms. The van der Waals surface area contributed by atoms with Gasteiger partial charge in [0.15, 0.2) is 0 Å². The van der Waals surface area contributed by atoms with Gasteiger partial charge >= 0.3 is 6.18 Å². The molecule has 2 aromatic heterocycles. The van der Waals surface area contributed by atoms with Crippen LogP contribution in [-0.4, -0.2) is 20.7 Å². The maximum Gasteiger partial charge on any atom is 0.433 e. The fraction of sp³-hybridized carbons (Fsp3) is 0.174. The molecule has 0 unspecified atom stereocenters. The summed E-state index contributed by atoms with van der Waals surface area (Å²) < 4.78 is 54.7. The second-order valence-corrected chi connectivity index (χ2v) is 7.35. The van der Waals surface area contributed by atoms with E-state index in [-0.39, 0.29) is 16.9 Å². The third kappa shape index (κ3) is 4.18. The quantitative estimate of drug-likeness (QED) is 0.424. The van der Waals surface area contributed by atoms with Gasteiger partial charge in [-0.2, -0.15) is 18.3 Å². The Morgan fingerprint density at radius 3 is 2.44 bits per heavy atom. The molecule has 9 heteroatoms. The first-order valence-electron chi connectivity index (χ1n) is 9.70. The number of hydrogen-bond donors (Lipinski definition) is 1. The Bertz CT molecular complexity index is 1310. The van der Waals surface area contributed by atoms with Crippen molar-refractivity contribution < 1.29 is 22.4 Å². The highest BCUT2D eigenvalue weighted by atomic mass is 19.4. The molecular weight excluding hydrogens is 424 g/mol. The van der Waals surface area contributed by atoms with Gasteiger partial charge in [-0.05, 0) is 43.7 Å². The Kier molecular flexibility index (Phi) is 5.41. The molecule has 164 valence electrons. The Balaban J connectivity index is 1.68. The van der Waals surface area contributed by atoms with Gasteiger partial charge in [-0.25, -0.2) is 9.37 Å². The fourth-order valence-corrected chi connectivity index (χ4v) is 3.48. The molecule has 0 fully saturated rings. The number of para-hydroxylation sites is 1. The average Bonchev–Trinajstić information content (AvgIpc) is 3.01. The Labute approximate surface area is 180 Å². The third-order valence-corrected chi connectivity index (χ3v) is 5.12. The van der Waals surface area contributed by atoms with Gasteiger partial charge in [0.1, 0.15) is 11.5 Å². The Morgan fingerprint density at radius 1 is 1.06 bits per heavy atom. The van der Waals surface area contributed by atoms with Crippen LogP contribution in [-0.2, 0) is 12.7 Å². The molecular formula is C23H18F4N4O. The SMILES string of the molecule is Cc1nn(Cc2ccc(F)cc2)c(C)c1NC(=O)c1cc(C(F)(F)F)nc2ccccc12. The van der Waals surface area contributed by atoms with Crippen LogP contribution in [0.25, 0.3) is 10.9 Å². The van der Waals surface area contributed by atoms with Gasteiger partial charge in [0.25, 0.3) is 5.91 Å². The van der Waals surface area contributed by atoms with Gasteiger partial charge in [0.2, 0.25) is 0 Å². The number of carbonyl (C=O) groups is 1. The molecule has 0 saturated heterocycles. The van der Waals surface area contributed by atoms with Gasteiger partial charge in [-0.1, -0.05) is 30.3 Å². The summed E-state index contributed by atoms with van der Waals surface area (Å²) in [6.45, 7) is 3.78. The summed E-state index contributed by atoms with van der Waals surface area (Å²) in [5.74, 6) is -1.04. The van der Waals surface area contributed by atoms with E-state index in [0.717, 1.165) is 11.6 Å². The first kappa shape index (κ1) is 21.5. The summed E-state index contributed by atoms with van der Waals surface area (Å²) in [6, 6.07) is 12.9. The van der Waals surface area contributed by atoms with Crippen molar-refractivity contribution in [2.24, 2.45) is 0 Å². The number of alkyl halides is 3. The molecule has 0 radical (unpaired) electrons. The van der Waals surface area contributed by atoms with E-state index in [2.05, 4.69) is 15.4 Å². The van der Waals surface area contributed by atoms with Crippen LogP contribution in [0.15, 0.2) is 54.6 Å². The highest BCUT2D eigenvalue weighted by Gasteiger charge is 2.34. The van der Waals surface area contributed by atoms with Crippen LogP contribution in [0.1, 0.15) is 33.0 Å². The molecule has 4 aromatic rings. The van der Waals surface area contributed by atoms with E-state index < -0.39 is 17.8 Å². The maximum absolute atomic E-state index is 13.3. The number of benzene rings is 2. The lowest BCUT2D eigenvalue weighted by Crippen LogP contribution is -2.17. The molecule has 0 aliphatic rings. The number of anilines is 1. The predicted molar refractivity (Wildman–Crippen MR) is 112 cm³/mol. The molecule has 0 saturated carbocycles. The van der Waals surface area contributed by atoms with E-state index in [9.17, 15) is 22.4 Å². The van der Waals surface area contributed by atoms with Crippen molar-refractivity contribution in [2.45, 2.75) is 26.6 Å². The lowest BCUT2D eigenvalue weighted by atomic mass is 10.1. The van der Waals surface area contributed by atoms with Crippen LogP contribution in [0.3, 0.4) is 0 Å². The highest BCUT2D eigenvalue weighted by molar-refractivity contribution is 6.12. The molecule has 32 heavy (non-hydrogen) atoms. The van der Waals surface area contributed by atoms with Crippen molar-refractivity contribution in [3.63, 3.8) is 0 Å². The van der Waals surface area contributed by atoms with E-state index in [0.29, 0.717) is 29.0 Å². The molecule has 2 aromatic carbocycles. The van der Waals surface area contributed by atoms with E-state index in [1.54, 1.807) is 48.9 Å². The lowest BCUT2D eigenvalue weighted by molar-refractivity contribution is -0.140. The van der Waals surface area contributed by atoms with Crippen molar-refractivity contribution >= 4 is 22.5 Å². The van der Waals surface area contributed by atoms with Crippen LogP contribution >= 0.6 is 0 Å². The first-order chi connectivity index (χ1) is 15.1. The van der Waals surface area contributed by atoms with Gasteiger partial charge in [0.05, 0.1) is 34.7 Å². The number of pyridine rings is 1. The minimum atomic E-state index is -4.69. The summed E-state index contributed by atoms with van der Waals surface area (Å²) in [7, 11) is 0. The van der Waals surface area contributed by atoms with Crippen molar-refractivity contribution in [1.82, 2.24) is 14.8 Å². The van der Waals surface area contributed by atoms with Gasteiger partial charge in [0, 0.05) is 5.39 Å². The number of hydrogen-bond acceptors (Lipinski definition) is 3. The number of aryl methyl sites for hydroxylation is 1. The van der Waals surface area contributed by atoms with E-state index >= 15 is 0 Å². The highest BCUT2D eigenvalue weighted by Crippen LogP contribution is 2.31. The first-order valence-corrected chi connectivity index (χ1v) is 9.70. The van der Waals surface area contributed by atoms with Crippen LogP contribution < -0.4 is 5.32 Å². The van der Waals surface area contributed by atoms with Crippen molar-refractivity contribution in [3.8, 4) is 0 Å². The van der Waals surface area contributed by atoms with Gasteiger partial charge in [-0.3, -0.25) is 9.48 Å². The van der Waals surface area contributed by atoms with Crippen LogP contribution in [0.4, 0.5) is 23.2 Å². The molecule has 2 heterocycles. The normalized spacial score (nSPS) is 11.7. The fourth-order valence-electron chi connectivity index (χ4n) is 3.48. The molecule has 0 aliphatic carbocycles. The Hall–Kier alpha value is -3.75.